The minimum atomic E-state index is -1.22. The fourth-order valence-corrected chi connectivity index (χ4v) is 0.353. The van der Waals surface area contributed by atoms with E-state index in [4.69, 9.17) is 5.11 Å². The van der Waals surface area contributed by atoms with Crippen LogP contribution in [0.4, 0.5) is 4.79 Å². The molecule has 0 radical (unpaired) electrons. The number of hydrogen-bond donors (Lipinski definition) is 2. The van der Waals surface area contributed by atoms with Gasteiger partial charge in [0.2, 0.25) is 0 Å². The number of thiol groups is 1. The van der Waals surface area contributed by atoms with Crippen molar-refractivity contribution in [2.45, 2.75) is 6.42 Å². The Morgan fingerprint density at radius 3 is 2.75 bits per heavy atom. The Morgan fingerprint density at radius 2 is 2.38 bits per heavy atom. The normalized spacial score (nSPS) is 8.62. The molecular weight excluding hydrogens is 128 g/mol. The Bertz CT molecular complexity index is 73.7. The molecule has 0 saturated heterocycles. The molecule has 0 saturated carbocycles. The summed E-state index contributed by atoms with van der Waals surface area (Å²) < 4.78 is 4.15. The molecule has 0 spiro atoms. The van der Waals surface area contributed by atoms with E-state index in [0.717, 1.165) is 0 Å². The number of rotatable bonds is 3. The molecular formula is C4H8O3S. The molecule has 0 aromatic rings. The molecule has 0 aliphatic rings. The van der Waals surface area contributed by atoms with Gasteiger partial charge in [-0.05, 0) is 12.2 Å². The first-order chi connectivity index (χ1) is 3.77. The lowest BCUT2D eigenvalue weighted by Gasteiger charge is -1.94. The number of carbonyl (C=O) groups is 1. The molecule has 0 aliphatic heterocycles. The summed E-state index contributed by atoms with van der Waals surface area (Å²) in [6, 6.07) is 0. The van der Waals surface area contributed by atoms with Gasteiger partial charge in [-0.25, -0.2) is 4.79 Å². The first-order valence-electron chi connectivity index (χ1n) is 2.24. The maximum atomic E-state index is 9.63. The average Bonchev–Trinajstić information content (AvgIpc) is 1.66. The summed E-state index contributed by atoms with van der Waals surface area (Å²) in [5.74, 6) is 0.660. The SMILES string of the molecule is O=C(O)OCCCS. The van der Waals surface area contributed by atoms with E-state index in [1.165, 1.54) is 0 Å². The molecule has 1 N–H and O–H groups in total. The van der Waals surface area contributed by atoms with Crippen LogP contribution in [0.15, 0.2) is 0 Å². The monoisotopic (exact) mass is 136 g/mol. The highest BCUT2D eigenvalue weighted by molar-refractivity contribution is 7.80. The maximum Gasteiger partial charge on any atom is 0.505 e. The molecule has 8 heavy (non-hydrogen) atoms. The van der Waals surface area contributed by atoms with E-state index >= 15 is 0 Å². The van der Waals surface area contributed by atoms with Crippen LogP contribution in [0.1, 0.15) is 6.42 Å². The van der Waals surface area contributed by atoms with E-state index in [1.807, 2.05) is 0 Å². The van der Waals surface area contributed by atoms with Crippen LogP contribution < -0.4 is 0 Å². The van der Waals surface area contributed by atoms with Crippen LogP contribution in [0.25, 0.3) is 0 Å². The fourth-order valence-electron chi connectivity index (χ4n) is 0.224. The van der Waals surface area contributed by atoms with E-state index < -0.39 is 6.16 Å². The summed E-state index contributed by atoms with van der Waals surface area (Å²) in [5.41, 5.74) is 0. The van der Waals surface area contributed by atoms with Crippen LogP contribution in [0, 0.1) is 0 Å². The summed E-state index contributed by atoms with van der Waals surface area (Å²) >= 11 is 3.85. The van der Waals surface area contributed by atoms with Gasteiger partial charge in [-0.3, -0.25) is 0 Å². The molecule has 0 rings (SSSR count). The Morgan fingerprint density at radius 1 is 1.75 bits per heavy atom. The second-order valence-electron chi connectivity index (χ2n) is 1.19. The van der Waals surface area contributed by atoms with Gasteiger partial charge in [-0.2, -0.15) is 12.6 Å². The number of hydrogen-bond acceptors (Lipinski definition) is 3. The van der Waals surface area contributed by atoms with Gasteiger partial charge in [0.15, 0.2) is 0 Å². The topological polar surface area (TPSA) is 46.5 Å². The van der Waals surface area contributed by atoms with Crippen molar-refractivity contribution in [3.63, 3.8) is 0 Å². The highest BCUT2D eigenvalue weighted by Crippen LogP contribution is 1.84. The van der Waals surface area contributed by atoms with Crippen molar-refractivity contribution in [1.29, 1.82) is 0 Å². The van der Waals surface area contributed by atoms with E-state index in [-0.39, 0.29) is 6.61 Å². The van der Waals surface area contributed by atoms with Gasteiger partial charge < -0.3 is 9.84 Å². The van der Waals surface area contributed by atoms with E-state index in [2.05, 4.69) is 17.4 Å². The third-order valence-corrected chi connectivity index (χ3v) is 0.844. The molecule has 0 atom stereocenters. The highest BCUT2D eigenvalue weighted by Gasteiger charge is 1.91. The molecule has 0 bridgehead atoms. The van der Waals surface area contributed by atoms with Gasteiger partial charge in [0.1, 0.15) is 0 Å². The zero-order valence-electron chi connectivity index (χ0n) is 4.33. The third kappa shape index (κ3) is 5.62. The molecule has 4 heteroatoms. The van der Waals surface area contributed by atoms with E-state index in [9.17, 15) is 4.79 Å². The molecule has 0 aromatic heterocycles. The van der Waals surface area contributed by atoms with Crippen LogP contribution in [0.3, 0.4) is 0 Å². The zero-order valence-corrected chi connectivity index (χ0v) is 5.23. The number of carboxylic acid groups (broad SMARTS) is 1. The maximum absolute atomic E-state index is 9.63. The van der Waals surface area contributed by atoms with E-state index in [1.54, 1.807) is 0 Å². The predicted octanol–water partition coefficient (Wildman–Crippen LogP) is 1.00. The van der Waals surface area contributed by atoms with Crippen LogP contribution >= 0.6 is 12.6 Å². The van der Waals surface area contributed by atoms with E-state index in [0.29, 0.717) is 12.2 Å². The molecule has 48 valence electrons. The molecule has 0 unspecified atom stereocenters. The Balaban J connectivity index is 2.82. The quantitative estimate of drug-likeness (QED) is 0.345. The lowest BCUT2D eigenvalue weighted by molar-refractivity contribution is 0.0921. The zero-order chi connectivity index (χ0) is 6.41. The van der Waals surface area contributed by atoms with Crippen LogP contribution in [-0.2, 0) is 4.74 Å². The fraction of sp³-hybridized carbons (Fsp3) is 0.750. The lowest BCUT2D eigenvalue weighted by Crippen LogP contribution is -2.01. The molecule has 0 aromatic carbocycles. The second kappa shape index (κ2) is 4.77. The second-order valence-corrected chi connectivity index (χ2v) is 1.64. The smallest absolute Gasteiger partial charge is 0.450 e. The number of ether oxygens (including phenoxy) is 1. The summed E-state index contributed by atoms with van der Waals surface area (Å²) in [7, 11) is 0. The molecule has 0 fully saturated rings. The average molecular weight is 136 g/mol. The van der Waals surface area contributed by atoms with Gasteiger partial charge in [-0.15, -0.1) is 0 Å². The molecule has 0 aliphatic carbocycles. The first-order valence-corrected chi connectivity index (χ1v) is 2.87. The Hall–Kier alpha value is -0.380. The predicted molar refractivity (Wildman–Crippen MR) is 32.4 cm³/mol. The summed E-state index contributed by atoms with van der Waals surface area (Å²) in [4.78, 5) is 9.63. The minimum Gasteiger partial charge on any atom is -0.450 e. The van der Waals surface area contributed by atoms with Gasteiger partial charge in [0, 0.05) is 0 Å². The molecule has 0 heterocycles. The highest BCUT2D eigenvalue weighted by atomic mass is 32.1. The van der Waals surface area contributed by atoms with Crippen molar-refractivity contribution >= 4 is 18.8 Å². The van der Waals surface area contributed by atoms with Gasteiger partial charge in [0.25, 0.3) is 0 Å². The molecule has 3 nitrogen and oxygen atoms in total. The van der Waals surface area contributed by atoms with Gasteiger partial charge in [-0.1, -0.05) is 0 Å². The first kappa shape index (κ1) is 7.62. The van der Waals surface area contributed by atoms with Crippen molar-refractivity contribution in [3.8, 4) is 0 Å². The Labute approximate surface area is 53.1 Å². The summed E-state index contributed by atoms with van der Waals surface area (Å²) in [6.45, 7) is 0.249. The van der Waals surface area contributed by atoms with Crippen LogP contribution in [0.5, 0.6) is 0 Å². The summed E-state index contributed by atoms with van der Waals surface area (Å²) in [6.07, 6.45) is -0.540. The van der Waals surface area contributed by atoms with Crippen molar-refractivity contribution < 1.29 is 14.6 Å². The van der Waals surface area contributed by atoms with Crippen molar-refractivity contribution in [2.75, 3.05) is 12.4 Å². The van der Waals surface area contributed by atoms with Crippen molar-refractivity contribution in [3.05, 3.63) is 0 Å². The Kier molecular flexibility index (Phi) is 4.54. The van der Waals surface area contributed by atoms with Gasteiger partial charge in [0.05, 0.1) is 6.61 Å². The third-order valence-electron chi connectivity index (χ3n) is 0.528. The van der Waals surface area contributed by atoms with Crippen LogP contribution in [0.2, 0.25) is 0 Å². The van der Waals surface area contributed by atoms with Crippen molar-refractivity contribution in [2.24, 2.45) is 0 Å². The summed E-state index contributed by atoms with van der Waals surface area (Å²) in [5, 5.41) is 7.89. The largest absolute Gasteiger partial charge is 0.505 e. The van der Waals surface area contributed by atoms with Crippen LogP contribution in [-0.4, -0.2) is 23.6 Å². The van der Waals surface area contributed by atoms with Crippen molar-refractivity contribution in [1.82, 2.24) is 0 Å². The standard InChI is InChI=1S/C4H8O3S/c5-4(6)7-2-1-3-8/h8H,1-3H2,(H,5,6). The lowest BCUT2D eigenvalue weighted by atomic mass is 10.5. The minimum absolute atomic E-state index is 0.249. The van der Waals surface area contributed by atoms with Gasteiger partial charge >= 0.3 is 6.16 Å². The molecule has 0 amide bonds.